The number of carbonyl (C=O) groups is 5. The van der Waals surface area contributed by atoms with Crippen LogP contribution in [-0.4, -0.2) is 184 Å². The molecule has 4 amide bonds. The van der Waals surface area contributed by atoms with Crippen LogP contribution in [0.4, 0.5) is 14.9 Å². The van der Waals surface area contributed by atoms with E-state index in [2.05, 4.69) is 28.2 Å². The van der Waals surface area contributed by atoms with Crippen molar-refractivity contribution in [1.29, 1.82) is 0 Å². The van der Waals surface area contributed by atoms with E-state index in [-0.39, 0.29) is 75.8 Å². The van der Waals surface area contributed by atoms with Crippen molar-refractivity contribution in [3.63, 3.8) is 0 Å². The highest BCUT2D eigenvalue weighted by Crippen LogP contribution is 2.46. The molecule has 96 heavy (non-hydrogen) atoms. The number of hydrogen-bond donors (Lipinski definition) is 5. The van der Waals surface area contributed by atoms with Crippen LogP contribution in [0.2, 0.25) is 0 Å². The fourth-order valence-corrected chi connectivity index (χ4v) is 11.7. The molecule has 2 aliphatic heterocycles. The average Bonchev–Trinajstić information content (AvgIpc) is 1.49. The van der Waals surface area contributed by atoms with E-state index in [9.17, 15) is 28.8 Å². The van der Waals surface area contributed by atoms with E-state index in [0.717, 1.165) is 35.1 Å². The monoisotopic (exact) mass is 1340 g/mol. The van der Waals surface area contributed by atoms with Gasteiger partial charge in [0.1, 0.15) is 36.9 Å². The Kier molecular flexibility index (Phi) is 30.7. The smallest absolute Gasteiger partial charge is 0.407 e. The van der Waals surface area contributed by atoms with Crippen molar-refractivity contribution < 1.29 is 85.2 Å². The lowest BCUT2D eigenvalue weighted by Gasteiger charge is -2.29. The molecule has 8 rings (SSSR count). The van der Waals surface area contributed by atoms with Gasteiger partial charge in [-0.15, -0.1) is 0 Å². The third-order valence-corrected chi connectivity index (χ3v) is 16.7. The number of nitrogens with one attached hydrogen (secondary N) is 4. The molecule has 1 unspecified atom stereocenters. The third kappa shape index (κ3) is 21.5. The third-order valence-electron chi connectivity index (χ3n) is 16.7. The molecule has 26 heteroatoms. The Labute approximate surface area is 559 Å². The highest BCUT2D eigenvalue weighted by molar-refractivity contribution is 5.99. The number of carbonyl (C=O) groups excluding carboxylic acids is 5. The number of anilines is 1. The van der Waals surface area contributed by atoms with E-state index in [4.69, 9.17) is 67.6 Å². The van der Waals surface area contributed by atoms with Gasteiger partial charge >= 0.3 is 12.1 Å². The second kappa shape index (κ2) is 39.6. The summed E-state index contributed by atoms with van der Waals surface area (Å²) in [7, 11) is 1.43. The maximum Gasteiger partial charge on any atom is 0.407 e. The summed E-state index contributed by atoms with van der Waals surface area (Å²) in [6.07, 6.45) is 3.00. The normalized spacial score (nSPS) is 15.1. The Balaban J connectivity index is 0.757. The molecule has 0 spiro atoms. The van der Waals surface area contributed by atoms with Gasteiger partial charge in [0.05, 0.1) is 166 Å². The van der Waals surface area contributed by atoms with Crippen LogP contribution in [0.1, 0.15) is 115 Å². The number of esters is 1. The number of halogens is 1. The van der Waals surface area contributed by atoms with Gasteiger partial charge in [-0.05, 0) is 110 Å². The van der Waals surface area contributed by atoms with Crippen LogP contribution in [-0.2, 0) is 104 Å². The highest BCUT2D eigenvalue weighted by Gasteiger charge is 2.38. The number of aromatic nitrogens is 2. The minimum atomic E-state index is -1.04. The van der Waals surface area contributed by atoms with Gasteiger partial charge in [-0.25, -0.2) is 14.2 Å². The molecule has 0 bridgehead atoms. The van der Waals surface area contributed by atoms with E-state index in [0.29, 0.717) is 176 Å². The van der Waals surface area contributed by atoms with Crippen LogP contribution in [0.3, 0.4) is 0 Å². The Hall–Kier alpha value is -7.50. The Morgan fingerprint density at radius 1 is 0.708 bits per heavy atom. The van der Waals surface area contributed by atoms with E-state index >= 15 is 4.39 Å². The van der Waals surface area contributed by atoms with Gasteiger partial charge in [0, 0.05) is 36.5 Å². The zero-order chi connectivity index (χ0) is 68.0. The Morgan fingerprint density at radius 3 is 1.92 bits per heavy atom. The number of alkyl carbamates (subject to hydrolysis) is 1. The van der Waals surface area contributed by atoms with E-state index in [1.54, 1.807) is 29.7 Å². The van der Waals surface area contributed by atoms with Gasteiger partial charge in [0.25, 0.3) is 5.56 Å². The van der Waals surface area contributed by atoms with E-state index < -0.39 is 59.6 Å². The summed E-state index contributed by atoms with van der Waals surface area (Å²) >= 11 is 0. The first-order chi connectivity index (χ1) is 46.8. The van der Waals surface area contributed by atoms with Crippen LogP contribution >= 0.6 is 0 Å². The first-order valence-corrected chi connectivity index (χ1v) is 33.4. The summed E-state index contributed by atoms with van der Waals surface area (Å²) in [6, 6.07) is 14.6. The van der Waals surface area contributed by atoms with E-state index in [1.165, 1.54) is 13.2 Å². The summed E-state index contributed by atoms with van der Waals surface area (Å²) in [5, 5.41) is 12.4. The van der Waals surface area contributed by atoms with Crippen molar-refractivity contribution >= 4 is 46.4 Å². The van der Waals surface area contributed by atoms with E-state index in [1.807, 2.05) is 43.3 Å². The number of fused-ring (bicyclic) bond motifs is 5. The lowest BCUT2D eigenvalue weighted by atomic mass is 9.81. The van der Waals surface area contributed by atoms with Crippen molar-refractivity contribution in [3.8, 4) is 17.1 Å². The molecule has 1 aliphatic carbocycles. The predicted octanol–water partition coefficient (Wildman–Crippen LogP) is 6.57. The zero-order valence-electron chi connectivity index (χ0n) is 55.7. The fraction of sp³-hybridized carbons (Fsp3) is 0.557. The van der Waals surface area contributed by atoms with Gasteiger partial charge in [-0.1, -0.05) is 50.2 Å². The summed E-state index contributed by atoms with van der Waals surface area (Å²) in [5.74, 6) is -2.69. The summed E-state index contributed by atoms with van der Waals surface area (Å²) < 4.78 is 83.8. The molecular formula is C70H94FN7O18. The van der Waals surface area contributed by atoms with Crippen LogP contribution in [0, 0.1) is 12.7 Å². The summed E-state index contributed by atoms with van der Waals surface area (Å²) in [5.41, 5.74) is 12.3. The minimum Gasteiger partial charge on any atom is -0.495 e. The van der Waals surface area contributed by atoms with Crippen molar-refractivity contribution in [2.75, 3.05) is 138 Å². The summed E-state index contributed by atoms with van der Waals surface area (Å²) in [6.45, 7) is 13.7. The van der Waals surface area contributed by atoms with Crippen LogP contribution in [0.25, 0.3) is 22.3 Å². The van der Waals surface area contributed by atoms with Crippen LogP contribution < -0.4 is 37.3 Å². The second-order valence-electron chi connectivity index (χ2n) is 23.4. The number of amides is 4. The molecule has 0 radical (unpaired) electrons. The molecule has 524 valence electrons. The largest absolute Gasteiger partial charge is 0.495 e. The molecule has 4 heterocycles. The number of ether oxygens (including phenoxy) is 12. The molecule has 6 N–H and O–H groups in total. The van der Waals surface area contributed by atoms with Gasteiger partial charge in [-0.2, -0.15) is 0 Å². The fourth-order valence-electron chi connectivity index (χ4n) is 11.7. The first-order valence-electron chi connectivity index (χ1n) is 33.4. The number of benzene rings is 3. The number of hydrogen-bond acceptors (Lipinski definition) is 20. The number of nitrogens with two attached hydrogens (primary N) is 1. The SMILES string of the molecule is CCCOCCOCCOCCOCCOCCOCCOCCOCCOCCC(=O)N[C@@H](Cc1ccccc1)C(=O)N[C@@H](CCCCN)C(=O)Nc1ccc(COC(=O)N[C@H]2CCc3c(C)c(F)cc4nc5c(c2c34)Cn2c-5cc3c(c2=O)COC(=O)C3CC)cc1OC. The number of pyridine rings is 2. The molecule has 3 aromatic carbocycles. The average molecular weight is 1340 g/mol. The minimum absolute atomic E-state index is 0.0339. The predicted molar refractivity (Wildman–Crippen MR) is 353 cm³/mol. The number of unbranched alkanes of at least 4 members (excludes halogenated alkanes) is 1. The van der Waals surface area contributed by atoms with Crippen molar-refractivity contribution in [3.05, 3.63) is 121 Å². The van der Waals surface area contributed by atoms with Crippen molar-refractivity contribution in [2.24, 2.45) is 5.73 Å². The number of cyclic esters (lactones) is 1. The molecule has 0 saturated carbocycles. The molecule has 4 atom stereocenters. The Morgan fingerprint density at radius 2 is 1.32 bits per heavy atom. The van der Waals surface area contributed by atoms with Crippen LogP contribution in [0.15, 0.2) is 65.5 Å². The topological polar surface area (TPSA) is 305 Å². The Bertz CT molecular complexity index is 3410. The molecule has 5 aromatic rings. The standard InChI is InChI=1S/C70H94FN7O18/c1-5-21-86-23-25-88-27-29-90-31-33-92-35-37-94-38-36-93-34-32-91-30-28-89-26-24-87-22-19-62(79)73-59(39-47-12-8-7-9-13-47)67(81)76-57(14-10-11-20-72)66(80)75-55-17-15-48(40-61(55)85-4)44-96-70(84)77-56-18-16-50-46(3)54(71)42-58-63(50)64(56)52-43-78-60(65(52)74-58)41-51-49(6-2)69(83)95-45-53(51)68(78)82/h7-9,12-13,15,17,40-42,49,56-57,59H,5-6,10-11,14,16,18-39,43-45,72H2,1-4H3,(H,73,79)(H,75,80)(H,76,81)(H,77,84)/t49?,56-,57-,59-/m0/s1. The molecule has 2 aromatic heterocycles. The number of rotatable bonds is 45. The van der Waals surface area contributed by atoms with Crippen molar-refractivity contribution in [1.82, 2.24) is 25.5 Å². The van der Waals surface area contributed by atoms with Gasteiger partial charge in [0.2, 0.25) is 17.7 Å². The number of methoxy groups -OCH3 is 1. The number of aryl methyl sites for hydroxylation is 1. The molecule has 3 aliphatic rings. The first kappa shape index (κ1) is 74.3. The zero-order valence-corrected chi connectivity index (χ0v) is 55.7. The second-order valence-corrected chi connectivity index (χ2v) is 23.4. The van der Waals surface area contributed by atoms with Gasteiger partial charge in [0.15, 0.2) is 0 Å². The van der Waals surface area contributed by atoms with Crippen molar-refractivity contribution in [2.45, 2.75) is 122 Å². The number of nitrogens with zero attached hydrogens (tertiary/aromatic N) is 2. The lowest BCUT2D eigenvalue weighted by Crippen LogP contribution is -2.53. The quantitative estimate of drug-likeness (QED) is 0.0199. The molecule has 25 nitrogen and oxygen atoms in total. The molecular weight excluding hydrogens is 1250 g/mol. The van der Waals surface area contributed by atoms with Gasteiger partial charge < -0.3 is 88.4 Å². The van der Waals surface area contributed by atoms with Crippen LogP contribution in [0.5, 0.6) is 5.75 Å². The lowest BCUT2D eigenvalue weighted by molar-refractivity contribution is -0.148. The highest BCUT2D eigenvalue weighted by atomic mass is 19.1. The maximum absolute atomic E-state index is 15.5. The molecule has 0 saturated heterocycles. The molecule has 0 fully saturated rings. The summed E-state index contributed by atoms with van der Waals surface area (Å²) in [4.78, 5) is 87.4. The van der Waals surface area contributed by atoms with Gasteiger partial charge in [-0.3, -0.25) is 24.0 Å². The maximum atomic E-state index is 15.5.